The fourth-order valence-electron chi connectivity index (χ4n) is 6.66. The average molecular weight is 818 g/mol. The van der Waals surface area contributed by atoms with Crippen molar-refractivity contribution in [1.82, 2.24) is 25.2 Å². The standard InChI is InChI=1S/C39H46F3N5O9S/c1-8-24-20-38(24,35(50)46-57(52,53)39(40,41)42)45-33(48)31-18-26(21-47(31)34(49)30(16-22(2)3)44-36(51)56-37(4,5)6)55-32-19-28(23-12-10-9-11-13-23)43-29-17-25(54-7)14-15-27(29)32/h8-15,17,19,22,24,26,30-31H,1,16,18,20-21H2,2-7H3,(H,44,51)(H,45,48)(H,46,50)/t24-,26-,30+,31+,38-/m1/s1. The Morgan fingerprint density at radius 2 is 1.75 bits per heavy atom. The van der Waals surface area contributed by atoms with Gasteiger partial charge in [-0.2, -0.15) is 21.6 Å². The van der Waals surface area contributed by atoms with Gasteiger partial charge in [-0.1, -0.05) is 50.3 Å². The molecule has 2 heterocycles. The Kier molecular flexibility index (Phi) is 12.2. The van der Waals surface area contributed by atoms with Gasteiger partial charge in [0, 0.05) is 35.4 Å². The zero-order valence-corrected chi connectivity index (χ0v) is 33.1. The van der Waals surface area contributed by atoms with E-state index >= 15 is 0 Å². The lowest BCUT2D eigenvalue weighted by Crippen LogP contribution is -2.59. The number of methoxy groups -OCH3 is 1. The summed E-state index contributed by atoms with van der Waals surface area (Å²) in [6.07, 6.45) is -0.849. The van der Waals surface area contributed by atoms with Crippen LogP contribution in [0.3, 0.4) is 0 Å². The molecule has 308 valence electrons. The summed E-state index contributed by atoms with van der Waals surface area (Å²) < 4.78 is 81.9. The Hall–Kier alpha value is -5.39. The molecule has 1 aliphatic heterocycles. The number of alkyl halides is 3. The van der Waals surface area contributed by atoms with E-state index in [1.165, 1.54) is 18.1 Å². The van der Waals surface area contributed by atoms with Crippen LogP contribution in [0.5, 0.6) is 11.5 Å². The molecule has 2 fully saturated rings. The second kappa shape index (κ2) is 16.2. The second-order valence-corrected chi connectivity index (χ2v) is 17.1. The van der Waals surface area contributed by atoms with Crippen molar-refractivity contribution in [3.05, 3.63) is 67.3 Å². The molecule has 18 heteroatoms. The highest BCUT2D eigenvalue weighted by atomic mass is 32.2. The molecule has 3 N–H and O–H groups in total. The predicted molar refractivity (Wildman–Crippen MR) is 203 cm³/mol. The lowest BCUT2D eigenvalue weighted by molar-refractivity contribution is -0.141. The third kappa shape index (κ3) is 9.77. The van der Waals surface area contributed by atoms with Crippen LogP contribution in [0.15, 0.2) is 67.3 Å². The first-order valence-corrected chi connectivity index (χ1v) is 19.6. The number of carbonyl (C=O) groups is 4. The quantitative estimate of drug-likeness (QED) is 0.193. The minimum Gasteiger partial charge on any atom is -0.497 e. The third-order valence-electron chi connectivity index (χ3n) is 9.47. The summed E-state index contributed by atoms with van der Waals surface area (Å²) in [5.41, 5.74) is -6.97. The molecular formula is C39H46F3N5O9S. The van der Waals surface area contributed by atoms with Crippen molar-refractivity contribution in [2.45, 2.75) is 88.7 Å². The van der Waals surface area contributed by atoms with E-state index in [1.807, 2.05) is 44.2 Å². The van der Waals surface area contributed by atoms with E-state index in [-0.39, 0.29) is 31.7 Å². The van der Waals surface area contributed by atoms with Crippen LogP contribution in [-0.2, 0) is 29.1 Å². The number of halogens is 3. The molecule has 2 aliphatic rings. The maximum absolute atomic E-state index is 14.4. The van der Waals surface area contributed by atoms with E-state index < -0.39 is 74.6 Å². The van der Waals surface area contributed by atoms with Gasteiger partial charge in [0.05, 0.1) is 24.9 Å². The molecule has 0 bridgehead atoms. The maximum Gasteiger partial charge on any atom is 0.516 e. The summed E-state index contributed by atoms with van der Waals surface area (Å²) in [5.74, 6) is -3.44. The fourth-order valence-corrected chi connectivity index (χ4v) is 7.21. The van der Waals surface area contributed by atoms with E-state index in [0.717, 1.165) is 10.3 Å². The van der Waals surface area contributed by atoms with Crippen LogP contribution in [0.2, 0.25) is 0 Å². The molecule has 0 unspecified atom stereocenters. The summed E-state index contributed by atoms with van der Waals surface area (Å²) in [6, 6.07) is 13.6. The molecule has 1 aromatic heterocycles. The summed E-state index contributed by atoms with van der Waals surface area (Å²) in [7, 11) is -4.61. The Morgan fingerprint density at radius 1 is 1.07 bits per heavy atom. The van der Waals surface area contributed by atoms with Crippen molar-refractivity contribution in [2.24, 2.45) is 11.8 Å². The van der Waals surface area contributed by atoms with Crippen LogP contribution in [-0.4, -0.2) is 90.6 Å². The summed E-state index contributed by atoms with van der Waals surface area (Å²) in [6.45, 7) is 12.0. The van der Waals surface area contributed by atoms with Gasteiger partial charge in [0.15, 0.2) is 0 Å². The van der Waals surface area contributed by atoms with Gasteiger partial charge in [0.1, 0.15) is 40.8 Å². The molecular weight excluding hydrogens is 772 g/mol. The van der Waals surface area contributed by atoms with Crippen molar-refractivity contribution >= 4 is 44.7 Å². The minimum atomic E-state index is -6.12. The molecule has 3 aromatic rings. The van der Waals surface area contributed by atoms with Crippen molar-refractivity contribution in [1.29, 1.82) is 0 Å². The van der Waals surface area contributed by atoms with Gasteiger partial charge in [-0.3, -0.25) is 14.4 Å². The summed E-state index contributed by atoms with van der Waals surface area (Å²) in [5, 5.41) is 5.63. The molecule has 4 amide bonds. The Morgan fingerprint density at radius 3 is 2.33 bits per heavy atom. The summed E-state index contributed by atoms with van der Waals surface area (Å²) in [4.78, 5) is 60.8. The topological polar surface area (TPSA) is 182 Å². The van der Waals surface area contributed by atoms with E-state index in [2.05, 4.69) is 17.2 Å². The number of fused-ring (bicyclic) bond motifs is 1. The van der Waals surface area contributed by atoms with Crippen LogP contribution in [0.1, 0.15) is 53.9 Å². The zero-order valence-electron chi connectivity index (χ0n) is 32.3. The van der Waals surface area contributed by atoms with Gasteiger partial charge in [-0.25, -0.2) is 14.5 Å². The van der Waals surface area contributed by atoms with Crippen LogP contribution >= 0.6 is 0 Å². The monoisotopic (exact) mass is 817 g/mol. The molecule has 1 saturated carbocycles. The second-order valence-electron chi connectivity index (χ2n) is 15.5. The number of sulfonamides is 1. The number of carbonyl (C=O) groups excluding carboxylic acids is 4. The highest BCUT2D eigenvalue weighted by Crippen LogP contribution is 2.45. The summed E-state index contributed by atoms with van der Waals surface area (Å²) >= 11 is 0. The van der Waals surface area contributed by atoms with Crippen LogP contribution < -0.4 is 24.8 Å². The number of likely N-dealkylation sites (tertiary alicyclic amines) is 1. The van der Waals surface area contributed by atoms with Crippen molar-refractivity contribution in [2.75, 3.05) is 13.7 Å². The highest BCUT2D eigenvalue weighted by molar-refractivity contribution is 7.90. The van der Waals surface area contributed by atoms with Gasteiger partial charge in [-0.05, 0) is 51.7 Å². The number of aromatic nitrogens is 1. The molecule has 57 heavy (non-hydrogen) atoms. The van der Waals surface area contributed by atoms with Crippen LogP contribution in [0, 0.1) is 11.8 Å². The van der Waals surface area contributed by atoms with Crippen LogP contribution in [0.4, 0.5) is 18.0 Å². The number of alkyl carbamates (subject to hydrolysis) is 1. The number of pyridine rings is 1. The van der Waals surface area contributed by atoms with Gasteiger partial charge < -0.3 is 29.7 Å². The van der Waals surface area contributed by atoms with E-state index in [9.17, 15) is 40.8 Å². The first-order valence-electron chi connectivity index (χ1n) is 18.2. The number of rotatable bonds is 13. The number of ether oxygens (including phenoxy) is 3. The van der Waals surface area contributed by atoms with E-state index in [1.54, 1.807) is 45.0 Å². The number of hydrogen-bond donors (Lipinski definition) is 3. The number of benzene rings is 2. The lowest BCUT2D eigenvalue weighted by Gasteiger charge is -2.31. The Bertz CT molecular complexity index is 2140. The predicted octanol–water partition coefficient (Wildman–Crippen LogP) is 5.22. The zero-order chi connectivity index (χ0) is 42.1. The molecule has 5 rings (SSSR count). The van der Waals surface area contributed by atoms with Gasteiger partial charge in [-0.15, -0.1) is 6.58 Å². The average Bonchev–Trinajstić information content (AvgIpc) is 3.68. The normalized spacial score (nSPS) is 21.4. The number of hydrogen-bond acceptors (Lipinski definition) is 10. The highest BCUT2D eigenvalue weighted by Gasteiger charge is 2.63. The largest absolute Gasteiger partial charge is 0.516 e. The van der Waals surface area contributed by atoms with Crippen molar-refractivity contribution in [3.8, 4) is 22.8 Å². The smallest absolute Gasteiger partial charge is 0.497 e. The molecule has 1 saturated heterocycles. The first-order chi connectivity index (χ1) is 26.6. The third-order valence-corrected chi connectivity index (χ3v) is 10.5. The minimum absolute atomic E-state index is 0.130. The SMILES string of the molecule is C=C[C@@H]1C[C@]1(NC(=O)[C@@H]1C[C@@H](Oc2cc(-c3ccccc3)nc3cc(OC)ccc23)CN1C(=O)[C@H](CC(C)C)NC(=O)OC(C)(C)C)C(=O)NS(=O)(=O)C(F)(F)F. The Labute approximate surface area is 328 Å². The Balaban J connectivity index is 1.52. The number of amides is 4. The van der Waals surface area contributed by atoms with Crippen LogP contribution in [0.25, 0.3) is 22.2 Å². The molecule has 1 aliphatic carbocycles. The fraction of sp³-hybridized carbons (Fsp3) is 0.462. The number of nitrogens with one attached hydrogen (secondary N) is 3. The van der Waals surface area contributed by atoms with Gasteiger partial charge in [0.2, 0.25) is 11.8 Å². The molecule has 2 aromatic carbocycles. The van der Waals surface area contributed by atoms with Crippen molar-refractivity contribution in [3.63, 3.8) is 0 Å². The number of nitrogens with zero attached hydrogens (tertiary/aromatic N) is 2. The lowest BCUT2D eigenvalue weighted by atomic mass is 10.0. The van der Waals surface area contributed by atoms with E-state index in [4.69, 9.17) is 19.2 Å². The van der Waals surface area contributed by atoms with Gasteiger partial charge >= 0.3 is 21.6 Å². The first kappa shape index (κ1) is 42.7. The van der Waals surface area contributed by atoms with Crippen molar-refractivity contribution < 1.29 is 55.0 Å². The molecule has 0 spiro atoms. The van der Waals surface area contributed by atoms with Gasteiger partial charge in [0.25, 0.3) is 5.91 Å². The van der Waals surface area contributed by atoms with E-state index in [0.29, 0.717) is 28.1 Å². The molecule has 5 atom stereocenters. The molecule has 14 nitrogen and oxygen atoms in total. The molecule has 0 radical (unpaired) electrons. The maximum atomic E-state index is 14.4.